The molecule has 1 aliphatic carbocycles. The highest BCUT2D eigenvalue weighted by atomic mass is 16.2. The number of nitriles is 2. The molecular weight excluding hydrogens is 396 g/mol. The molecule has 2 amide bonds. The van der Waals surface area contributed by atoms with Crippen LogP contribution in [-0.2, 0) is 9.59 Å². The van der Waals surface area contributed by atoms with Crippen molar-refractivity contribution >= 4 is 23.3 Å². The van der Waals surface area contributed by atoms with Gasteiger partial charge in [0.25, 0.3) is 0 Å². The Morgan fingerprint density at radius 1 is 1.23 bits per heavy atom. The van der Waals surface area contributed by atoms with Gasteiger partial charge in [0, 0.05) is 24.7 Å². The maximum Gasteiger partial charge on any atom is 0.242 e. The van der Waals surface area contributed by atoms with Crippen LogP contribution in [-0.4, -0.2) is 51.3 Å². The van der Waals surface area contributed by atoms with Crippen LogP contribution >= 0.6 is 0 Å². The minimum absolute atomic E-state index is 0.0510. The number of hydrogen-bond donors (Lipinski definition) is 2. The molecule has 31 heavy (non-hydrogen) atoms. The first-order valence-electron chi connectivity index (χ1n) is 9.89. The number of anilines is 2. The van der Waals surface area contributed by atoms with Crippen LogP contribution in [0.5, 0.6) is 0 Å². The average Bonchev–Trinajstić information content (AvgIpc) is 3.64. The van der Waals surface area contributed by atoms with Gasteiger partial charge in [0.15, 0.2) is 11.5 Å². The Morgan fingerprint density at radius 3 is 2.58 bits per heavy atom. The average molecular weight is 418 g/mol. The van der Waals surface area contributed by atoms with Gasteiger partial charge in [0.1, 0.15) is 12.1 Å². The van der Waals surface area contributed by atoms with Crippen molar-refractivity contribution in [2.75, 3.05) is 24.2 Å². The van der Waals surface area contributed by atoms with Crippen LogP contribution in [0.2, 0.25) is 0 Å². The minimum atomic E-state index is -0.511. The first-order chi connectivity index (χ1) is 15.0. The van der Waals surface area contributed by atoms with Gasteiger partial charge in [-0.25, -0.2) is 9.97 Å². The molecule has 0 aliphatic heterocycles. The van der Waals surface area contributed by atoms with E-state index >= 15 is 0 Å². The molecule has 2 aromatic heterocycles. The number of carbonyl (C=O) groups excluding carboxylic acids is 2. The number of amides is 2. The molecule has 2 N–H and O–H groups in total. The summed E-state index contributed by atoms with van der Waals surface area (Å²) in [6.07, 6.45) is 6.79. The number of nitrogens with zero attached hydrogens (tertiary/aromatic N) is 6. The van der Waals surface area contributed by atoms with Crippen molar-refractivity contribution in [3.8, 4) is 23.4 Å². The summed E-state index contributed by atoms with van der Waals surface area (Å²) in [5.74, 6) is 0.112. The summed E-state index contributed by atoms with van der Waals surface area (Å²) in [5, 5.41) is 24.1. The summed E-state index contributed by atoms with van der Waals surface area (Å²) in [6.45, 7) is 1.74. The van der Waals surface area contributed by atoms with Crippen LogP contribution in [0.15, 0.2) is 24.7 Å². The lowest BCUT2D eigenvalue weighted by atomic mass is 10.1. The summed E-state index contributed by atoms with van der Waals surface area (Å²) in [7, 11) is 1.57. The molecule has 158 valence electrons. The zero-order valence-electron chi connectivity index (χ0n) is 17.3. The third kappa shape index (κ3) is 5.31. The second kappa shape index (κ2) is 9.63. The van der Waals surface area contributed by atoms with Crippen molar-refractivity contribution in [2.45, 2.75) is 32.2 Å². The molecule has 0 spiro atoms. The van der Waals surface area contributed by atoms with Crippen LogP contribution in [0.3, 0.4) is 0 Å². The maximum atomic E-state index is 12.4. The highest BCUT2D eigenvalue weighted by molar-refractivity contribution is 5.93. The quantitative estimate of drug-likeness (QED) is 0.661. The second-order valence-electron chi connectivity index (χ2n) is 7.19. The molecule has 0 aromatic carbocycles. The lowest BCUT2D eigenvalue weighted by Crippen LogP contribution is -2.39. The fourth-order valence-electron chi connectivity index (χ4n) is 2.87. The Bertz CT molecular complexity index is 1050. The van der Waals surface area contributed by atoms with E-state index < -0.39 is 6.04 Å². The largest absolute Gasteiger partial charge is 0.374 e. The number of aromatic nitrogens is 3. The van der Waals surface area contributed by atoms with E-state index in [0.717, 1.165) is 12.8 Å². The fraction of sp³-hybridized carbons (Fsp3) is 0.381. The molecule has 10 nitrogen and oxygen atoms in total. The number of pyridine rings is 1. The summed E-state index contributed by atoms with van der Waals surface area (Å²) in [6, 6.07) is 5.21. The molecule has 1 unspecified atom stereocenters. The molecule has 0 radical (unpaired) electrons. The molecule has 1 atom stereocenters. The molecule has 0 bridgehead atoms. The Labute approximate surface area is 179 Å². The van der Waals surface area contributed by atoms with E-state index in [9.17, 15) is 14.9 Å². The summed E-state index contributed by atoms with van der Waals surface area (Å²) < 4.78 is 0. The number of nitrogens with one attached hydrogen (secondary N) is 2. The van der Waals surface area contributed by atoms with Crippen LogP contribution < -0.4 is 10.6 Å². The smallest absolute Gasteiger partial charge is 0.242 e. The Morgan fingerprint density at radius 2 is 2.00 bits per heavy atom. The van der Waals surface area contributed by atoms with E-state index in [1.807, 2.05) is 13.0 Å². The van der Waals surface area contributed by atoms with Crippen molar-refractivity contribution < 1.29 is 9.59 Å². The van der Waals surface area contributed by atoms with Crippen molar-refractivity contribution in [2.24, 2.45) is 5.92 Å². The van der Waals surface area contributed by atoms with E-state index in [-0.39, 0.29) is 30.0 Å². The third-order valence-electron chi connectivity index (χ3n) is 4.97. The molecule has 2 heterocycles. The highest BCUT2D eigenvalue weighted by Gasteiger charge is 2.29. The molecule has 3 rings (SSSR count). The maximum absolute atomic E-state index is 12.4. The molecule has 10 heteroatoms. The standard InChI is InChI=1S/C21H22N8O2/c1-3-15(7-22)29(2)20(30)12-26-16-6-14(9-24-17(16)8-23)18-10-27-19(11-25-18)28-21(31)13-4-5-13/h6,9-11,13,15,26H,3-5,12H2,1-2H3,(H,27,28,31). The van der Waals surface area contributed by atoms with Crippen LogP contribution in [0, 0.1) is 28.6 Å². The minimum Gasteiger partial charge on any atom is -0.374 e. The van der Waals surface area contributed by atoms with Crippen molar-refractivity contribution in [1.29, 1.82) is 10.5 Å². The van der Waals surface area contributed by atoms with E-state index in [0.29, 0.717) is 29.2 Å². The van der Waals surface area contributed by atoms with Crippen molar-refractivity contribution in [3.63, 3.8) is 0 Å². The molecule has 0 saturated heterocycles. The van der Waals surface area contributed by atoms with Crippen molar-refractivity contribution in [1.82, 2.24) is 19.9 Å². The first-order valence-corrected chi connectivity index (χ1v) is 9.89. The van der Waals surface area contributed by atoms with E-state index in [4.69, 9.17) is 5.26 Å². The molecular formula is C21H22N8O2. The first kappa shape index (κ1) is 21.7. The Kier molecular flexibility index (Phi) is 6.73. The number of hydrogen-bond acceptors (Lipinski definition) is 8. The van der Waals surface area contributed by atoms with Gasteiger partial charge in [-0.15, -0.1) is 0 Å². The van der Waals surface area contributed by atoms with E-state index in [1.165, 1.54) is 23.5 Å². The highest BCUT2D eigenvalue weighted by Crippen LogP contribution is 2.30. The SMILES string of the molecule is CCC(C#N)N(C)C(=O)CNc1cc(-c2cnc(NC(=O)C3CC3)cn2)cnc1C#N. The molecule has 1 saturated carbocycles. The van der Waals surface area contributed by atoms with Gasteiger partial charge in [-0.2, -0.15) is 10.5 Å². The lowest BCUT2D eigenvalue weighted by molar-refractivity contribution is -0.129. The van der Waals surface area contributed by atoms with Crippen LogP contribution in [0.4, 0.5) is 11.5 Å². The zero-order chi connectivity index (χ0) is 22.4. The second-order valence-corrected chi connectivity index (χ2v) is 7.19. The number of carbonyl (C=O) groups is 2. The monoisotopic (exact) mass is 418 g/mol. The van der Waals surface area contributed by atoms with Gasteiger partial charge in [0.05, 0.1) is 36.4 Å². The van der Waals surface area contributed by atoms with Crippen LogP contribution in [0.1, 0.15) is 31.9 Å². The van der Waals surface area contributed by atoms with Crippen LogP contribution in [0.25, 0.3) is 11.3 Å². The van der Waals surface area contributed by atoms with E-state index in [1.54, 1.807) is 13.1 Å². The van der Waals surface area contributed by atoms with Gasteiger partial charge in [0.2, 0.25) is 11.8 Å². The third-order valence-corrected chi connectivity index (χ3v) is 4.97. The van der Waals surface area contributed by atoms with Gasteiger partial charge in [-0.3, -0.25) is 14.6 Å². The van der Waals surface area contributed by atoms with Gasteiger partial charge >= 0.3 is 0 Å². The number of likely N-dealkylation sites (N-methyl/N-ethyl adjacent to an activating group) is 1. The van der Waals surface area contributed by atoms with E-state index in [2.05, 4.69) is 31.7 Å². The summed E-state index contributed by atoms with van der Waals surface area (Å²) in [4.78, 5) is 38.2. The fourth-order valence-corrected chi connectivity index (χ4v) is 2.87. The lowest BCUT2D eigenvalue weighted by Gasteiger charge is -2.22. The topological polar surface area (TPSA) is 148 Å². The van der Waals surface area contributed by atoms with Gasteiger partial charge in [-0.05, 0) is 25.3 Å². The molecule has 2 aromatic rings. The predicted octanol–water partition coefficient (Wildman–Crippen LogP) is 1.93. The Hall–Kier alpha value is -4.05. The Balaban J connectivity index is 1.71. The normalized spacial score (nSPS) is 13.4. The summed E-state index contributed by atoms with van der Waals surface area (Å²) in [5.41, 5.74) is 1.61. The molecule has 1 aliphatic rings. The van der Waals surface area contributed by atoms with Gasteiger partial charge < -0.3 is 15.5 Å². The summed E-state index contributed by atoms with van der Waals surface area (Å²) >= 11 is 0. The number of rotatable bonds is 8. The van der Waals surface area contributed by atoms with Gasteiger partial charge in [-0.1, -0.05) is 6.92 Å². The molecule has 1 fully saturated rings. The van der Waals surface area contributed by atoms with Crippen molar-refractivity contribution in [3.05, 3.63) is 30.4 Å². The zero-order valence-corrected chi connectivity index (χ0v) is 17.3. The predicted molar refractivity (Wildman–Crippen MR) is 112 cm³/mol.